The van der Waals surface area contributed by atoms with Crippen molar-refractivity contribution >= 4 is 31.6 Å². The van der Waals surface area contributed by atoms with E-state index in [-0.39, 0.29) is 21.1 Å². The fraction of sp³-hybridized carbons (Fsp3) is 0.538. The van der Waals surface area contributed by atoms with E-state index in [0.29, 0.717) is 12.5 Å². The van der Waals surface area contributed by atoms with Gasteiger partial charge in [0.15, 0.2) is 5.82 Å². The Hall–Kier alpha value is -0.660. The van der Waals surface area contributed by atoms with Gasteiger partial charge in [-0.2, -0.15) is 4.31 Å². The van der Waals surface area contributed by atoms with Crippen LogP contribution in [0.15, 0.2) is 21.5 Å². The monoisotopic (exact) mass is 364 g/mol. The second-order valence-corrected chi connectivity index (χ2v) is 8.12. The standard InChI is InChI=1S/C13H18BrFN2O2S/c1-8-3-4-17(9(2)5-8)20(18,19)12-7-10(16)6-11(14)13(12)15/h6-9H,3-5,16H2,1-2H3. The molecule has 2 rings (SSSR count). The average Bonchev–Trinajstić information content (AvgIpc) is 2.33. The van der Waals surface area contributed by atoms with Gasteiger partial charge in [-0.05, 0) is 53.7 Å². The van der Waals surface area contributed by atoms with E-state index in [1.54, 1.807) is 0 Å². The Bertz CT molecular complexity index is 621. The molecule has 0 saturated carbocycles. The first-order valence-electron chi connectivity index (χ1n) is 6.50. The first-order valence-corrected chi connectivity index (χ1v) is 8.73. The normalized spacial score (nSPS) is 24.8. The molecule has 0 aromatic heterocycles. The molecule has 0 aliphatic carbocycles. The Morgan fingerprint density at radius 3 is 2.65 bits per heavy atom. The SMILES string of the molecule is CC1CCN(S(=O)(=O)c2cc(N)cc(Br)c2F)C(C)C1. The van der Waals surface area contributed by atoms with Crippen LogP contribution in [0.5, 0.6) is 0 Å². The van der Waals surface area contributed by atoms with Crippen LogP contribution in [0, 0.1) is 11.7 Å². The molecule has 0 spiro atoms. The summed E-state index contributed by atoms with van der Waals surface area (Å²) >= 11 is 3.00. The van der Waals surface area contributed by atoms with Gasteiger partial charge in [0.2, 0.25) is 10.0 Å². The van der Waals surface area contributed by atoms with Crippen molar-refractivity contribution in [3.05, 3.63) is 22.4 Å². The molecule has 1 aliphatic rings. The Morgan fingerprint density at radius 2 is 2.05 bits per heavy atom. The minimum absolute atomic E-state index is 0.0640. The van der Waals surface area contributed by atoms with E-state index in [4.69, 9.17) is 5.73 Å². The molecule has 20 heavy (non-hydrogen) atoms. The van der Waals surface area contributed by atoms with Crippen LogP contribution < -0.4 is 5.73 Å². The van der Waals surface area contributed by atoms with Crippen LogP contribution in [-0.2, 0) is 10.0 Å². The van der Waals surface area contributed by atoms with Gasteiger partial charge < -0.3 is 5.73 Å². The molecule has 1 aromatic rings. The maximum atomic E-state index is 14.1. The number of hydrogen-bond acceptors (Lipinski definition) is 3. The van der Waals surface area contributed by atoms with Crippen molar-refractivity contribution in [2.45, 2.75) is 37.6 Å². The highest BCUT2D eigenvalue weighted by Crippen LogP contribution is 2.32. The molecule has 7 heteroatoms. The van der Waals surface area contributed by atoms with Crippen molar-refractivity contribution in [1.29, 1.82) is 0 Å². The van der Waals surface area contributed by atoms with Gasteiger partial charge in [0, 0.05) is 18.3 Å². The lowest BCUT2D eigenvalue weighted by Crippen LogP contribution is -2.44. The van der Waals surface area contributed by atoms with E-state index in [2.05, 4.69) is 22.9 Å². The van der Waals surface area contributed by atoms with E-state index in [9.17, 15) is 12.8 Å². The molecular formula is C13H18BrFN2O2S. The highest BCUT2D eigenvalue weighted by molar-refractivity contribution is 9.10. The summed E-state index contributed by atoms with van der Waals surface area (Å²) in [5.74, 6) is -0.307. The fourth-order valence-electron chi connectivity index (χ4n) is 2.64. The number of rotatable bonds is 2. The minimum Gasteiger partial charge on any atom is -0.399 e. The summed E-state index contributed by atoms with van der Waals surface area (Å²) in [6.07, 6.45) is 1.57. The molecule has 2 N–H and O–H groups in total. The number of nitrogen functional groups attached to an aromatic ring is 1. The molecule has 1 aromatic carbocycles. The summed E-state index contributed by atoms with van der Waals surface area (Å²) in [4.78, 5) is -0.356. The van der Waals surface area contributed by atoms with E-state index in [1.165, 1.54) is 16.4 Å². The van der Waals surface area contributed by atoms with Gasteiger partial charge in [-0.25, -0.2) is 12.8 Å². The van der Waals surface area contributed by atoms with Crippen molar-refractivity contribution in [3.63, 3.8) is 0 Å². The van der Waals surface area contributed by atoms with Gasteiger partial charge in [0.05, 0.1) is 4.47 Å². The van der Waals surface area contributed by atoms with Crippen molar-refractivity contribution in [3.8, 4) is 0 Å². The van der Waals surface area contributed by atoms with Gasteiger partial charge in [-0.15, -0.1) is 0 Å². The van der Waals surface area contributed by atoms with Crippen molar-refractivity contribution in [2.24, 2.45) is 5.92 Å². The van der Waals surface area contributed by atoms with Gasteiger partial charge in [0.25, 0.3) is 0 Å². The largest absolute Gasteiger partial charge is 0.399 e. The molecule has 112 valence electrons. The maximum absolute atomic E-state index is 14.1. The molecule has 1 aliphatic heterocycles. The molecule has 1 saturated heterocycles. The number of sulfonamides is 1. The van der Waals surface area contributed by atoms with Gasteiger partial charge in [0.1, 0.15) is 4.90 Å². The molecular weight excluding hydrogens is 347 g/mol. The summed E-state index contributed by atoms with van der Waals surface area (Å²) in [5.41, 5.74) is 5.85. The zero-order chi connectivity index (χ0) is 15.1. The summed E-state index contributed by atoms with van der Waals surface area (Å²) in [6.45, 7) is 4.36. The van der Waals surface area contributed by atoms with E-state index in [1.807, 2.05) is 6.92 Å². The number of piperidine rings is 1. The molecule has 1 fully saturated rings. The Labute approximate surface area is 127 Å². The van der Waals surface area contributed by atoms with Crippen molar-refractivity contribution < 1.29 is 12.8 Å². The zero-order valence-corrected chi connectivity index (χ0v) is 13.8. The number of nitrogens with two attached hydrogens (primary N) is 1. The highest BCUT2D eigenvalue weighted by atomic mass is 79.9. The van der Waals surface area contributed by atoms with E-state index >= 15 is 0 Å². The summed E-state index contributed by atoms with van der Waals surface area (Å²) in [6, 6.07) is 2.40. The van der Waals surface area contributed by atoms with E-state index in [0.717, 1.165) is 12.8 Å². The lowest BCUT2D eigenvalue weighted by Gasteiger charge is -2.35. The Balaban J connectivity index is 2.46. The van der Waals surface area contributed by atoms with Gasteiger partial charge >= 0.3 is 0 Å². The summed E-state index contributed by atoms with van der Waals surface area (Å²) in [5, 5.41) is 0. The van der Waals surface area contributed by atoms with Crippen LogP contribution >= 0.6 is 15.9 Å². The molecule has 0 radical (unpaired) electrons. The molecule has 1 heterocycles. The first kappa shape index (κ1) is 15.7. The zero-order valence-electron chi connectivity index (χ0n) is 11.4. The number of nitrogens with zero attached hydrogens (tertiary/aromatic N) is 1. The maximum Gasteiger partial charge on any atom is 0.246 e. The number of anilines is 1. The van der Waals surface area contributed by atoms with Crippen LogP contribution in [0.4, 0.5) is 10.1 Å². The average molecular weight is 365 g/mol. The smallest absolute Gasteiger partial charge is 0.246 e. The third-order valence-electron chi connectivity index (χ3n) is 3.68. The second-order valence-electron chi connectivity index (χ2n) is 5.41. The van der Waals surface area contributed by atoms with Crippen LogP contribution in [0.25, 0.3) is 0 Å². The number of halogens is 2. The fourth-order valence-corrected chi connectivity index (χ4v) is 5.03. The molecule has 4 nitrogen and oxygen atoms in total. The molecule has 0 amide bonds. The third kappa shape index (κ3) is 2.84. The molecule has 2 unspecified atom stereocenters. The summed E-state index contributed by atoms with van der Waals surface area (Å²) in [7, 11) is -3.86. The predicted octanol–water partition coefficient (Wildman–Crippen LogP) is 2.98. The van der Waals surface area contributed by atoms with Crippen LogP contribution in [0.3, 0.4) is 0 Å². The lowest BCUT2D eigenvalue weighted by molar-refractivity contribution is 0.219. The summed E-state index contributed by atoms with van der Waals surface area (Å²) < 4.78 is 40.8. The van der Waals surface area contributed by atoms with Gasteiger partial charge in [-0.1, -0.05) is 6.92 Å². The molecule has 0 bridgehead atoms. The quantitative estimate of drug-likeness (QED) is 0.820. The van der Waals surface area contributed by atoms with Crippen LogP contribution in [0.2, 0.25) is 0 Å². The third-order valence-corrected chi connectivity index (χ3v) is 6.27. The van der Waals surface area contributed by atoms with E-state index < -0.39 is 15.8 Å². The minimum atomic E-state index is -3.86. The predicted molar refractivity (Wildman–Crippen MR) is 80.3 cm³/mol. The second kappa shape index (κ2) is 5.61. The van der Waals surface area contributed by atoms with Crippen LogP contribution in [-0.4, -0.2) is 25.3 Å². The van der Waals surface area contributed by atoms with Crippen molar-refractivity contribution in [2.75, 3.05) is 12.3 Å². The number of hydrogen-bond donors (Lipinski definition) is 1. The Kier molecular flexibility index (Phi) is 4.41. The highest BCUT2D eigenvalue weighted by Gasteiger charge is 2.35. The molecule has 2 atom stereocenters. The van der Waals surface area contributed by atoms with Crippen LogP contribution in [0.1, 0.15) is 26.7 Å². The van der Waals surface area contributed by atoms with Crippen molar-refractivity contribution in [1.82, 2.24) is 4.31 Å². The lowest BCUT2D eigenvalue weighted by atomic mass is 9.95. The topological polar surface area (TPSA) is 63.4 Å². The van der Waals surface area contributed by atoms with Gasteiger partial charge in [-0.3, -0.25) is 0 Å². The number of benzene rings is 1. The Morgan fingerprint density at radius 1 is 1.40 bits per heavy atom. The first-order chi connectivity index (χ1) is 9.23.